The van der Waals surface area contributed by atoms with Gasteiger partial charge < -0.3 is 9.73 Å². The molecule has 1 unspecified atom stereocenters. The van der Waals surface area contributed by atoms with Crippen molar-refractivity contribution in [2.75, 3.05) is 13.1 Å². The standard InChI is InChI=1S/C22H25N3O5S/c1-15-5-7-16(8-6-15)13-23-21(26)17-4-3-11-25(14-17)31(28,29)18-9-10-19-20(12-18)30-22(27)24(19)2/h5-10,12,17H,3-4,11,13-14H2,1-2H3,(H,23,26). The van der Waals surface area contributed by atoms with Crippen LogP contribution in [-0.2, 0) is 28.4 Å². The Morgan fingerprint density at radius 3 is 2.68 bits per heavy atom. The van der Waals surface area contributed by atoms with E-state index >= 15 is 0 Å². The molecule has 1 aliphatic rings. The lowest BCUT2D eigenvalue weighted by atomic mass is 9.98. The number of nitrogens with zero attached hydrogens (tertiary/aromatic N) is 2. The molecule has 1 aliphatic heterocycles. The molecule has 9 heteroatoms. The maximum absolute atomic E-state index is 13.2. The molecule has 31 heavy (non-hydrogen) atoms. The van der Waals surface area contributed by atoms with Crippen LogP contribution in [0.4, 0.5) is 0 Å². The van der Waals surface area contributed by atoms with E-state index in [-0.39, 0.29) is 22.9 Å². The SMILES string of the molecule is Cc1ccc(CNC(=O)C2CCCN(S(=O)(=O)c3ccc4c(c3)oc(=O)n4C)C2)cc1. The number of piperidine rings is 1. The molecule has 2 aromatic carbocycles. The zero-order valence-electron chi connectivity index (χ0n) is 17.5. The smallest absolute Gasteiger partial charge is 0.408 e. The van der Waals surface area contributed by atoms with Gasteiger partial charge in [-0.3, -0.25) is 9.36 Å². The largest absolute Gasteiger partial charge is 0.419 e. The first-order valence-electron chi connectivity index (χ1n) is 10.2. The fourth-order valence-electron chi connectivity index (χ4n) is 3.84. The number of carbonyl (C=O) groups excluding carboxylic acids is 1. The van der Waals surface area contributed by atoms with Crippen LogP contribution < -0.4 is 11.1 Å². The number of aryl methyl sites for hydroxylation is 2. The summed E-state index contributed by atoms with van der Waals surface area (Å²) in [7, 11) is -2.25. The molecule has 1 N–H and O–H groups in total. The van der Waals surface area contributed by atoms with E-state index in [9.17, 15) is 18.0 Å². The molecule has 164 valence electrons. The predicted molar refractivity (Wildman–Crippen MR) is 116 cm³/mol. The highest BCUT2D eigenvalue weighted by Gasteiger charge is 2.33. The number of sulfonamides is 1. The van der Waals surface area contributed by atoms with Gasteiger partial charge in [0.15, 0.2) is 5.58 Å². The summed E-state index contributed by atoms with van der Waals surface area (Å²) in [6.07, 6.45) is 1.24. The van der Waals surface area contributed by atoms with Crippen molar-refractivity contribution in [2.24, 2.45) is 13.0 Å². The van der Waals surface area contributed by atoms with Gasteiger partial charge in [-0.1, -0.05) is 29.8 Å². The molecular formula is C22H25N3O5S. The molecule has 0 saturated carbocycles. The number of oxazole rings is 1. The first kappa shape index (κ1) is 21.3. The molecule has 1 atom stereocenters. The number of nitrogens with one attached hydrogen (secondary N) is 1. The molecule has 1 saturated heterocycles. The summed E-state index contributed by atoms with van der Waals surface area (Å²) >= 11 is 0. The van der Waals surface area contributed by atoms with Crippen LogP contribution in [0.5, 0.6) is 0 Å². The quantitative estimate of drug-likeness (QED) is 0.651. The molecule has 1 amide bonds. The van der Waals surface area contributed by atoms with Crippen LogP contribution in [0.25, 0.3) is 11.1 Å². The van der Waals surface area contributed by atoms with E-state index in [1.54, 1.807) is 13.1 Å². The van der Waals surface area contributed by atoms with Crippen LogP contribution in [-0.4, -0.2) is 36.3 Å². The summed E-state index contributed by atoms with van der Waals surface area (Å²) in [4.78, 5) is 24.4. The number of aromatic nitrogens is 1. The van der Waals surface area contributed by atoms with Gasteiger partial charge in [-0.15, -0.1) is 0 Å². The topological polar surface area (TPSA) is 102 Å². The average Bonchev–Trinajstić information content (AvgIpc) is 3.06. The third-order valence-electron chi connectivity index (χ3n) is 5.74. The third-order valence-corrected chi connectivity index (χ3v) is 7.60. The predicted octanol–water partition coefficient (Wildman–Crippen LogP) is 2.16. The summed E-state index contributed by atoms with van der Waals surface area (Å²) in [5, 5.41) is 2.92. The third kappa shape index (κ3) is 4.28. The van der Waals surface area contributed by atoms with Gasteiger partial charge in [-0.2, -0.15) is 4.31 Å². The summed E-state index contributed by atoms with van der Waals surface area (Å²) in [5.74, 6) is -1.11. The second-order valence-electron chi connectivity index (χ2n) is 7.96. The molecule has 1 aromatic heterocycles. The van der Waals surface area contributed by atoms with Gasteiger partial charge in [-0.25, -0.2) is 13.2 Å². The summed E-state index contributed by atoms with van der Waals surface area (Å²) in [6, 6.07) is 12.3. The summed E-state index contributed by atoms with van der Waals surface area (Å²) in [6.45, 7) is 2.88. The van der Waals surface area contributed by atoms with Crippen LogP contribution in [0, 0.1) is 12.8 Å². The Morgan fingerprint density at radius 1 is 1.19 bits per heavy atom. The minimum absolute atomic E-state index is 0.0510. The van der Waals surface area contributed by atoms with Gasteiger partial charge in [0.1, 0.15) is 0 Å². The first-order valence-corrected chi connectivity index (χ1v) is 11.6. The van der Waals surface area contributed by atoms with E-state index in [0.29, 0.717) is 31.4 Å². The van der Waals surface area contributed by atoms with Gasteiger partial charge in [0.05, 0.1) is 16.3 Å². The van der Waals surface area contributed by atoms with Crippen LogP contribution in [0.1, 0.15) is 24.0 Å². The monoisotopic (exact) mass is 443 g/mol. The molecule has 2 heterocycles. The molecule has 3 aromatic rings. The van der Waals surface area contributed by atoms with Crippen LogP contribution in [0.2, 0.25) is 0 Å². The Kier molecular flexibility index (Phi) is 5.72. The van der Waals surface area contributed by atoms with Crippen molar-refractivity contribution in [1.82, 2.24) is 14.2 Å². The maximum Gasteiger partial charge on any atom is 0.419 e. The van der Waals surface area contributed by atoms with E-state index in [2.05, 4.69) is 5.32 Å². The van der Waals surface area contributed by atoms with Gasteiger partial charge >= 0.3 is 5.76 Å². The lowest BCUT2D eigenvalue weighted by molar-refractivity contribution is -0.126. The fraction of sp³-hybridized carbons (Fsp3) is 0.364. The minimum Gasteiger partial charge on any atom is -0.408 e. The van der Waals surface area contributed by atoms with Crippen molar-refractivity contribution >= 4 is 27.0 Å². The van der Waals surface area contributed by atoms with E-state index in [0.717, 1.165) is 11.1 Å². The molecule has 0 bridgehead atoms. The second kappa shape index (κ2) is 8.32. The van der Waals surface area contributed by atoms with Crippen molar-refractivity contribution in [3.05, 3.63) is 64.1 Å². The van der Waals surface area contributed by atoms with E-state index in [4.69, 9.17) is 4.42 Å². The van der Waals surface area contributed by atoms with Crippen LogP contribution in [0.15, 0.2) is 56.6 Å². The van der Waals surface area contributed by atoms with Crippen LogP contribution in [0.3, 0.4) is 0 Å². The molecule has 4 rings (SSSR count). The van der Waals surface area contributed by atoms with E-state index in [1.807, 2.05) is 31.2 Å². The molecule has 1 fully saturated rings. The Morgan fingerprint density at radius 2 is 1.94 bits per heavy atom. The Balaban J connectivity index is 1.47. The first-order chi connectivity index (χ1) is 14.8. The molecule has 8 nitrogen and oxygen atoms in total. The van der Waals surface area contributed by atoms with E-state index in [1.165, 1.54) is 21.0 Å². The number of rotatable bonds is 5. The summed E-state index contributed by atoms with van der Waals surface area (Å²) < 4.78 is 34.1. The Bertz CT molecular complexity index is 1270. The zero-order chi connectivity index (χ0) is 22.2. The number of hydrogen-bond donors (Lipinski definition) is 1. The highest BCUT2D eigenvalue weighted by Crippen LogP contribution is 2.26. The summed E-state index contributed by atoms with van der Waals surface area (Å²) in [5.41, 5.74) is 2.89. The Hall–Kier alpha value is -2.91. The van der Waals surface area contributed by atoms with Gasteiger partial charge in [0.25, 0.3) is 0 Å². The molecule has 0 spiro atoms. The van der Waals surface area contributed by atoms with E-state index < -0.39 is 21.7 Å². The highest BCUT2D eigenvalue weighted by molar-refractivity contribution is 7.89. The molecule has 0 aliphatic carbocycles. The van der Waals surface area contributed by atoms with Crippen molar-refractivity contribution < 1.29 is 17.6 Å². The number of benzene rings is 2. The van der Waals surface area contributed by atoms with Crippen molar-refractivity contribution in [3.8, 4) is 0 Å². The number of carbonyl (C=O) groups is 1. The van der Waals surface area contributed by atoms with Crippen molar-refractivity contribution in [2.45, 2.75) is 31.2 Å². The van der Waals surface area contributed by atoms with Gasteiger partial charge in [0, 0.05) is 32.7 Å². The van der Waals surface area contributed by atoms with Crippen molar-refractivity contribution in [3.63, 3.8) is 0 Å². The van der Waals surface area contributed by atoms with Gasteiger partial charge in [0.2, 0.25) is 15.9 Å². The van der Waals surface area contributed by atoms with Gasteiger partial charge in [-0.05, 0) is 37.5 Å². The minimum atomic E-state index is -3.81. The number of hydrogen-bond acceptors (Lipinski definition) is 5. The average molecular weight is 444 g/mol. The second-order valence-corrected chi connectivity index (χ2v) is 9.90. The Labute approximate surface area is 180 Å². The maximum atomic E-state index is 13.2. The number of fused-ring (bicyclic) bond motifs is 1. The lowest BCUT2D eigenvalue weighted by Gasteiger charge is -2.31. The highest BCUT2D eigenvalue weighted by atomic mass is 32.2. The molecule has 0 radical (unpaired) electrons. The number of amides is 1. The van der Waals surface area contributed by atoms with Crippen molar-refractivity contribution in [1.29, 1.82) is 0 Å². The fourth-order valence-corrected chi connectivity index (χ4v) is 5.38. The van der Waals surface area contributed by atoms with Crippen LogP contribution >= 0.6 is 0 Å². The zero-order valence-corrected chi connectivity index (χ0v) is 18.3. The molecular weight excluding hydrogens is 418 g/mol. The lowest BCUT2D eigenvalue weighted by Crippen LogP contribution is -2.45. The normalized spacial score (nSPS) is 17.7.